The van der Waals surface area contributed by atoms with E-state index in [2.05, 4.69) is 30.8 Å². The standard InChI is InChI=1S/C33H34F4N6O2S/c1-19(2)27-15-24(34)9-14-29(27)39-20(3)17-46-21(4)40-32(44)41-30-16-28(30)22-5-7-23(8-6-22)31-38-18-43(42-31)25-10-12-26(13-11-25)45-33(35,36)37/h5-15,17-19,21,28,30,39H,16H2,1-4H3,(H2,40,41,44)/b20-17-. The van der Waals surface area contributed by atoms with Gasteiger partial charge in [-0.15, -0.1) is 30.0 Å². The van der Waals surface area contributed by atoms with Crippen LogP contribution in [0.25, 0.3) is 17.1 Å². The zero-order chi connectivity index (χ0) is 33.0. The fraction of sp³-hybridized carbons (Fsp3) is 0.303. The first-order valence-corrected chi connectivity index (χ1v) is 15.6. The molecule has 1 heterocycles. The number of halogens is 4. The molecule has 8 nitrogen and oxygen atoms in total. The Hall–Kier alpha value is -4.52. The fourth-order valence-electron chi connectivity index (χ4n) is 4.92. The molecule has 1 saturated carbocycles. The number of urea groups is 1. The van der Waals surface area contributed by atoms with Crippen molar-refractivity contribution in [2.75, 3.05) is 5.32 Å². The van der Waals surface area contributed by atoms with Crippen molar-refractivity contribution < 1.29 is 27.1 Å². The van der Waals surface area contributed by atoms with Gasteiger partial charge in [0.1, 0.15) is 17.9 Å². The van der Waals surface area contributed by atoms with Gasteiger partial charge in [-0.05, 0) is 85.2 Å². The summed E-state index contributed by atoms with van der Waals surface area (Å²) in [5.41, 5.74) is 5.04. The Kier molecular flexibility index (Phi) is 9.90. The second kappa shape index (κ2) is 13.9. The second-order valence-corrected chi connectivity index (χ2v) is 12.5. The van der Waals surface area contributed by atoms with E-state index in [9.17, 15) is 22.4 Å². The molecule has 3 aromatic carbocycles. The van der Waals surface area contributed by atoms with Crippen LogP contribution in [-0.2, 0) is 0 Å². The van der Waals surface area contributed by atoms with Gasteiger partial charge in [-0.1, -0.05) is 38.1 Å². The lowest BCUT2D eigenvalue weighted by Gasteiger charge is -2.16. The molecule has 46 heavy (non-hydrogen) atoms. The van der Waals surface area contributed by atoms with Gasteiger partial charge in [0.2, 0.25) is 0 Å². The largest absolute Gasteiger partial charge is 0.573 e. The number of carbonyl (C=O) groups is 1. The maximum absolute atomic E-state index is 13.7. The van der Waals surface area contributed by atoms with Crippen LogP contribution in [0.3, 0.4) is 0 Å². The number of nitrogens with zero attached hydrogens (tertiary/aromatic N) is 3. The second-order valence-electron chi connectivity index (χ2n) is 11.3. The molecule has 4 aromatic rings. The van der Waals surface area contributed by atoms with Crippen LogP contribution in [0.4, 0.5) is 28.0 Å². The number of ether oxygens (including phenoxy) is 1. The Labute approximate surface area is 268 Å². The molecule has 1 aliphatic carbocycles. The average molecular weight is 655 g/mol. The van der Waals surface area contributed by atoms with Crippen molar-refractivity contribution in [3.05, 3.63) is 101 Å². The predicted octanol–water partition coefficient (Wildman–Crippen LogP) is 8.30. The third-order valence-electron chi connectivity index (χ3n) is 7.28. The number of alkyl halides is 3. The molecule has 0 radical (unpaired) electrons. The lowest BCUT2D eigenvalue weighted by atomic mass is 10.0. The number of allylic oxidation sites excluding steroid dienone is 1. The summed E-state index contributed by atoms with van der Waals surface area (Å²) < 4.78 is 56.3. The molecule has 3 N–H and O–H groups in total. The molecule has 1 aromatic heterocycles. The van der Waals surface area contributed by atoms with Crippen LogP contribution in [0.15, 0.2) is 84.2 Å². The van der Waals surface area contributed by atoms with E-state index in [1.165, 1.54) is 53.1 Å². The van der Waals surface area contributed by atoms with Gasteiger partial charge in [0, 0.05) is 28.9 Å². The quantitative estimate of drug-likeness (QED) is 0.111. The van der Waals surface area contributed by atoms with E-state index in [0.717, 1.165) is 34.5 Å². The number of hydrogen-bond acceptors (Lipinski definition) is 6. The molecule has 0 saturated heterocycles. The van der Waals surface area contributed by atoms with Crippen molar-refractivity contribution in [1.29, 1.82) is 0 Å². The molecular formula is C33H34F4N6O2S. The lowest BCUT2D eigenvalue weighted by Crippen LogP contribution is -2.40. The minimum absolute atomic E-state index is 0.0246. The maximum atomic E-state index is 13.7. The van der Waals surface area contributed by atoms with E-state index in [-0.39, 0.29) is 40.8 Å². The number of rotatable bonds is 11. The van der Waals surface area contributed by atoms with Crippen LogP contribution in [0.1, 0.15) is 57.1 Å². The molecule has 1 aliphatic rings. The highest BCUT2D eigenvalue weighted by Gasteiger charge is 2.39. The van der Waals surface area contributed by atoms with Crippen molar-refractivity contribution in [2.24, 2.45) is 0 Å². The monoisotopic (exact) mass is 654 g/mol. The number of carbonyl (C=O) groups excluding carboxylic acids is 1. The number of nitrogens with one attached hydrogen (secondary N) is 3. The summed E-state index contributed by atoms with van der Waals surface area (Å²) in [4.78, 5) is 17.0. The highest BCUT2D eigenvalue weighted by molar-refractivity contribution is 8.02. The van der Waals surface area contributed by atoms with Crippen LogP contribution in [-0.4, -0.2) is 38.6 Å². The number of thioether (sulfide) groups is 1. The zero-order valence-electron chi connectivity index (χ0n) is 25.6. The van der Waals surface area contributed by atoms with Crippen molar-refractivity contribution in [2.45, 2.75) is 63.7 Å². The smallest absolute Gasteiger partial charge is 0.406 e. The van der Waals surface area contributed by atoms with Gasteiger partial charge in [-0.3, -0.25) is 0 Å². The molecule has 13 heteroatoms. The molecular weight excluding hydrogens is 620 g/mol. The number of amides is 2. The van der Waals surface area contributed by atoms with Gasteiger partial charge >= 0.3 is 12.4 Å². The third kappa shape index (κ3) is 8.81. The fourth-order valence-corrected chi connectivity index (χ4v) is 5.56. The van der Waals surface area contributed by atoms with Crippen molar-refractivity contribution in [3.8, 4) is 22.8 Å². The van der Waals surface area contributed by atoms with E-state index in [1.807, 2.05) is 57.4 Å². The van der Waals surface area contributed by atoms with Crippen molar-refractivity contribution >= 4 is 23.5 Å². The summed E-state index contributed by atoms with van der Waals surface area (Å²) in [5, 5.41) is 15.5. The Balaban J connectivity index is 1.08. The Bertz CT molecular complexity index is 1690. The van der Waals surface area contributed by atoms with Gasteiger partial charge < -0.3 is 20.7 Å². The van der Waals surface area contributed by atoms with Crippen LogP contribution in [0.2, 0.25) is 0 Å². The van der Waals surface area contributed by atoms with Crippen molar-refractivity contribution in [1.82, 2.24) is 25.4 Å². The summed E-state index contributed by atoms with van der Waals surface area (Å²) in [6.07, 6.45) is -2.44. The lowest BCUT2D eigenvalue weighted by molar-refractivity contribution is -0.274. The number of anilines is 1. The topological polar surface area (TPSA) is 93.1 Å². The molecule has 0 bridgehead atoms. The molecule has 1 fully saturated rings. The Morgan fingerprint density at radius 1 is 1.07 bits per heavy atom. The minimum Gasteiger partial charge on any atom is -0.406 e. The van der Waals surface area contributed by atoms with E-state index >= 15 is 0 Å². The zero-order valence-corrected chi connectivity index (χ0v) is 26.4. The van der Waals surface area contributed by atoms with Crippen LogP contribution in [0.5, 0.6) is 5.75 Å². The van der Waals surface area contributed by atoms with Gasteiger partial charge in [-0.25, -0.2) is 18.9 Å². The maximum Gasteiger partial charge on any atom is 0.573 e. The highest BCUT2D eigenvalue weighted by Crippen LogP contribution is 2.41. The number of benzene rings is 3. The molecule has 2 amide bonds. The van der Waals surface area contributed by atoms with E-state index in [1.54, 1.807) is 12.1 Å². The van der Waals surface area contributed by atoms with Crippen LogP contribution in [0, 0.1) is 5.82 Å². The first kappa shape index (κ1) is 32.9. The molecule has 0 aliphatic heterocycles. The summed E-state index contributed by atoms with van der Waals surface area (Å²) in [6.45, 7) is 7.86. The van der Waals surface area contributed by atoms with E-state index < -0.39 is 6.36 Å². The molecule has 3 atom stereocenters. The minimum atomic E-state index is -4.75. The van der Waals surface area contributed by atoms with Crippen LogP contribution < -0.4 is 20.7 Å². The molecule has 5 rings (SSSR count). The summed E-state index contributed by atoms with van der Waals surface area (Å²) in [5.74, 6) is 0.256. The normalized spacial score (nSPS) is 17.0. The first-order chi connectivity index (χ1) is 21.8. The molecule has 3 unspecified atom stereocenters. The number of hydrogen-bond donors (Lipinski definition) is 3. The van der Waals surface area contributed by atoms with E-state index in [4.69, 9.17) is 0 Å². The van der Waals surface area contributed by atoms with Gasteiger partial charge in [0.25, 0.3) is 0 Å². The summed E-state index contributed by atoms with van der Waals surface area (Å²) >= 11 is 1.47. The van der Waals surface area contributed by atoms with Crippen LogP contribution >= 0.6 is 11.8 Å². The predicted molar refractivity (Wildman–Crippen MR) is 171 cm³/mol. The van der Waals surface area contributed by atoms with Gasteiger partial charge in [0.15, 0.2) is 5.82 Å². The highest BCUT2D eigenvalue weighted by atomic mass is 32.2. The SMILES string of the molecule is C/C(=C/SC(C)NC(=O)NC1CC1c1ccc(-c2ncn(-c3ccc(OC(F)(F)F)cc3)n2)cc1)Nc1ccc(F)cc1C(C)C. The van der Waals surface area contributed by atoms with Gasteiger partial charge in [0.05, 0.1) is 11.1 Å². The molecule has 0 spiro atoms. The third-order valence-corrected chi connectivity index (χ3v) is 8.30. The Morgan fingerprint density at radius 3 is 2.46 bits per heavy atom. The molecule has 242 valence electrons. The van der Waals surface area contributed by atoms with E-state index in [0.29, 0.717) is 11.5 Å². The summed E-state index contributed by atoms with van der Waals surface area (Å²) in [7, 11) is 0. The first-order valence-electron chi connectivity index (χ1n) is 14.7. The van der Waals surface area contributed by atoms with Gasteiger partial charge in [-0.2, -0.15) is 0 Å². The summed E-state index contributed by atoms with van der Waals surface area (Å²) in [6, 6.07) is 17.6. The number of aromatic nitrogens is 3. The Morgan fingerprint density at radius 2 is 1.78 bits per heavy atom. The average Bonchev–Trinajstić information content (AvgIpc) is 3.57. The van der Waals surface area contributed by atoms with Crippen molar-refractivity contribution in [3.63, 3.8) is 0 Å².